The van der Waals surface area contributed by atoms with E-state index in [4.69, 9.17) is 4.74 Å². The van der Waals surface area contributed by atoms with Crippen molar-refractivity contribution in [2.45, 2.75) is 33.0 Å². The first-order chi connectivity index (χ1) is 14.0. The minimum Gasteiger partial charge on any atom is -0.487 e. The Labute approximate surface area is 167 Å². The number of carbonyl (C=O) groups is 1. The molecule has 29 heavy (non-hydrogen) atoms. The normalized spacial score (nSPS) is 13.9. The highest BCUT2D eigenvalue weighted by Gasteiger charge is 2.33. The molecular formula is C20H22N6O3. The fraction of sp³-hybridized carbons (Fsp3) is 0.350. The number of hydrogen-bond donors (Lipinski definition) is 0. The smallest absolute Gasteiger partial charge is 0.256 e. The van der Waals surface area contributed by atoms with Gasteiger partial charge in [0.25, 0.3) is 5.56 Å². The molecule has 1 saturated heterocycles. The summed E-state index contributed by atoms with van der Waals surface area (Å²) < 4.78 is 8.79. The van der Waals surface area contributed by atoms with Crippen LogP contribution in [0.2, 0.25) is 0 Å². The van der Waals surface area contributed by atoms with Gasteiger partial charge in [0.15, 0.2) is 0 Å². The molecule has 1 aromatic carbocycles. The largest absolute Gasteiger partial charge is 0.487 e. The Morgan fingerprint density at radius 3 is 2.72 bits per heavy atom. The first-order valence-electron chi connectivity index (χ1n) is 9.40. The van der Waals surface area contributed by atoms with E-state index < -0.39 is 0 Å². The monoisotopic (exact) mass is 394 g/mol. The minimum absolute atomic E-state index is 0.00675. The lowest BCUT2D eigenvalue weighted by atomic mass is 10.1. The Bertz CT molecular complexity index is 1070. The van der Waals surface area contributed by atoms with Gasteiger partial charge in [-0.15, -0.1) is 5.10 Å². The van der Waals surface area contributed by atoms with Crippen LogP contribution in [0.4, 0.5) is 0 Å². The molecular weight excluding hydrogens is 372 g/mol. The van der Waals surface area contributed by atoms with E-state index in [1.54, 1.807) is 23.4 Å². The highest BCUT2D eigenvalue weighted by Crippen LogP contribution is 2.21. The molecule has 0 saturated carbocycles. The van der Waals surface area contributed by atoms with Gasteiger partial charge in [-0.05, 0) is 26.0 Å². The van der Waals surface area contributed by atoms with Gasteiger partial charge in [0.05, 0.1) is 18.6 Å². The average Bonchev–Trinajstić information content (AvgIpc) is 3.15. The molecule has 0 N–H and O–H groups in total. The van der Waals surface area contributed by atoms with Crippen LogP contribution < -0.4 is 10.3 Å². The summed E-state index contributed by atoms with van der Waals surface area (Å²) in [5.74, 6) is 0.666. The molecule has 9 nitrogen and oxygen atoms in total. The zero-order valence-electron chi connectivity index (χ0n) is 16.4. The van der Waals surface area contributed by atoms with Crippen LogP contribution in [0.25, 0.3) is 0 Å². The highest BCUT2D eigenvalue weighted by atomic mass is 16.5. The Morgan fingerprint density at radius 1 is 1.21 bits per heavy atom. The van der Waals surface area contributed by atoms with E-state index >= 15 is 0 Å². The molecule has 0 spiro atoms. The molecule has 9 heteroatoms. The molecule has 150 valence electrons. The van der Waals surface area contributed by atoms with Crippen molar-refractivity contribution in [2.75, 3.05) is 13.1 Å². The number of likely N-dealkylation sites (tertiary alicyclic amines) is 1. The van der Waals surface area contributed by atoms with Crippen molar-refractivity contribution in [1.82, 2.24) is 29.4 Å². The lowest BCUT2D eigenvalue weighted by molar-refractivity contribution is -0.137. The van der Waals surface area contributed by atoms with Crippen LogP contribution in [0.5, 0.6) is 5.75 Å². The molecule has 3 aromatic rings. The van der Waals surface area contributed by atoms with Gasteiger partial charge < -0.3 is 9.64 Å². The number of ether oxygens (including phenoxy) is 1. The van der Waals surface area contributed by atoms with Crippen LogP contribution in [-0.2, 0) is 17.9 Å². The standard InChI is InChI=1S/C20H22N6O3/c1-14-15(2)21-13-25(20(14)28)11-19(27)24-9-17(10-24)26-8-16(22-23-26)12-29-18-6-4-3-5-7-18/h3-8,13,17H,9-12H2,1-2H3. The van der Waals surface area contributed by atoms with Gasteiger partial charge in [-0.1, -0.05) is 23.4 Å². The van der Waals surface area contributed by atoms with Crippen LogP contribution in [-0.4, -0.2) is 48.4 Å². The summed E-state index contributed by atoms with van der Waals surface area (Å²) in [5, 5.41) is 8.28. The van der Waals surface area contributed by atoms with Gasteiger partial charge in [-0.2, -0.15) is 0 Å². The van der Waals surface area contributed by atoms with Crippen molar-refractivity contribution in [2.24, 2.45) is 0 Å². The Morgan fingerprint density at radius 2 is 1.97 bits per heavy atom. The molecule has 0 radical (unpaired) electrons. The van der Waals surface area contributed by atoms with Crippen molar-refractivity contribution < 1.29 is 9.53 Å². The molecule has 1 amide bonds. The maximum atomic E-state index is 12.5. The van der Waals surface area contributed by atoms with Crippen LogP contribution in [0.1, 0.15) is 23.0 Å². The second-order valence-corrected chi connectivity index (χ2v) is 7.13. The summed E-state index contributed by atoms with van der Waals surface area (Å²) in [6.45, 7) is 4.90. The molecule has 0 atom stereocenters. The summed E-state index contributed by atoms with van der Waals surface area (Å²) in [6, 6.07) is 9.60. The topological polar surface area (TPSA) is 95.1 Å². The van der Waals surface area contributed by atoms with E-state index in [2.05, 4.69) is 15.3 Å². The number of rotatable bonds is 6. The third kappa shape index (κ3) is 4.03. The van der Waals surface area contributed by atoms with Crippen LogP contribution in [0, 0.1) is 13.8 Å². The number of para-hydroxylation sites is 1. The predicted molar refractivity (Wildman–Crippen MR) is 104 cm³/mol. The van der Waals surface area contributed by atoms with Gasteiger partial charge in [0, 0.05) is 24.3 Å². The lowest BCUT2D eigenvalue weighted by Crippen LogP contribution is -2.52. The molecule has 0 aliphatic carbocycles. The highest BCUT2D eigenvalue weighted by molar-refractivity contribution is 5.76. The Balaban J connectivity index is 1.30. The van der Waals surface area contributed by atoms with Gasteiger partial charge in [-0.3, -0.25) is 14.2 Å². The number of carbonyl (C=O) groups excluding carboxylic acids is 1. The molecule has 4 rings (SSSR count). The number of nitrogens with zero attached hydrogens (tertiary/aromatic N) is 6. The molecule has 2 aromatic heterocycles. The Hall–Kier alpha value is -3.49. The van der Waals surface area contributed by atoms with E-state index in [1.165, 1.54) is 10.9 Å². The SMILES string of the molecule is Cc1ncn(CC(=O)N2CC(n3cc(COc4ccccc4)nn3)C2)c(=O)c1C. The van der Waals surface area contributed by atoms with Gasteiger partial charge in [-0.25, -0.2) is 9.67 Å². The summed E-state index contributed by atoms with van der Waals surface area (Å²) in [6.07, 6.45) is 3.27. The fourth-order valence-corrected chi connectivity index (χ4v) is 3.09. The van der Waals surface area contributed by atoms with Crippen molar-refractivity contribution in [1.29, 1.82) is 0 Å². The third-order valence-corrected chi connectivity index (χ3v) is 5.10. The van der Waals surface area contributed by atoms with Crippen LogP contribution >= 0.6 is 0 Å². The van der Waals surface area contributed by atoms with Crippen LogP contribution in [0.15, 0.2) is 47.7 Å². The predicted octanol–water partition coefficient (Wildman–Crippen LogP) is 1.11. The molecule has 1 fully saturated rings. The molecule has 0 unspecified atom stereocenters. The van der Waals surface area contributed by atoms with Gasteiger partial charge in [0.2, 0.25) is 5.91 Å². The number of benzene rings is 1. The van der Waals surface area contributed by atoms with E-state index in [1.807, 2.05) is 36.5 Å². The van der Waals surface area contributed by atoms with Gasteiger partial charge in [0.1, 0.15) is 24.6 Å². The van der Waals surface area contributed by atoms with Crippen molar-refractivity contribution >= 4 is 5.91 Å². The quantitative estimate of drug-likeness (QED) is 0.622. The zero-order chi connectivity index (χ0) is 20.4. The van der Waals surface area contributed by atoms with E-state index in [9.17, 15) is 9.59 Å². The van der Waals surface area contributed by atoms with Crippen molar-refractivity contribution in [3.63, 3.8) is 0 Å². The maximum Gasteiger partial charge on any atom is 0.256 e. The first-order valence-corrected chi connectivity index (χ1v) is 9.40. The lowest BCUT2D eigenvalue weighted by Gasteiger charge is -2.38. The zero-order valence-corrected chi connectivity index (χ0v) is 16.4. The molecule has 1 aliphatic rings. The second kappa shape index (κ2) is 7.86. The summed E-state index contributed by atoms with van der Waals surface area (Å²) in [4.78, 5) is 30.5. The second-order valence-electron chi connectivity index (χ2n) is 7.13. The number of amides is 1. The average molecular weight is 394 g/mol. The van der Waals surface area contributed by atoms with E-state index in [-0.39, 0.29) is 24.1 Å². The molecule has 0 bridgehead atoms. The number of aryl methyl sites for hydroxylation is 1. The number of hydrogen-bond acceptors (Lipinski definition) is 6. The van der Waals surface area contributed by atoms with E-state index in [0.717, 1.165) is 11.4 Å². The third-order valence-electron chi connectivity index (χ3n) is 5.10. The summed E-state index contributed by atoms with van der Waals surface area (Å²) in [7, 11) is 0. The first kappa shape index (κ1) is 18.9. The van der Waals surface area contributed by atoms with Gasteiger partial charge >= 0.3 is 0 Å². The maximum absolute atomic E-state index is 12.5. The number of aromatic nitrogens is 5. The van der Waals surface area contributed by atoms with Crippen LogP contribution in [0.3, 0.4) is 0 Å². The van der Waals surface area contributed by atoms with Crippen molar-refractivity contribution in [3.05, 3.63) is 70.2 Å². The summed E-state index contributed by atoms with van der Waals surface area (Å²) in [5.41, 5.74) is 1.80. The Kier molecular flexibility index (Phi) is 5.11. The summed E-state index contributed by atoms with van der Waals surface area (Å²) >= 11 is 0. The minimum atomic E-state index is -0.178. The van der Waals surface area contributed by atoms with Crippen molar-refractivity contribution in [3.8, 4) is 5.75 Å². The fourth-order valence-electron chi connectivity index (χ4n) is 3.09. The molecule has 3 heterocycles. The van der Waals surface area contributed by atoms with E-state index in [0.29, 0.717) is 31.0 Å². The molecule has 1 aliphatic heterocycles.